The number of rotatable bonds is 3. The molecular formula is C15H10N4O3S. The molecule has 0 unspecified atom stereocenters. The van der Waals surface area contributed by atoms with Crippen LogP contribution in [0.4, 0.5) is 5.13 Å². The van der Waals surface area contributed by atoms with Gasteiger partial charge in [0, 0.05) is 17.0 Å². The summed E-state index contributed by atoms with van der Waals surface area (Å²) in [5.41, 5.74) is 0.587. The van der Waals surface area contributed by atoms with E-state index in [0.29, 0.717) is 21.6 Å². The second-order valence-corrected chi connectivity index (χ2v) is 5.73. The summed E-state index contributed by atoms with van der Waals surface area (Å²) in [6, 6.07) is 7.17. The van der Waals surface area contributed by atoms with E-state index >= 15 is 0 Å². The van der Waals surface area contributed by atoms with Crippen LogP contribution >= 0.6 is 11.3 Å². The second kappa shape index (κ2) is 5.33. The molecule has 0 aliphatic carbocycles. The van der Waals surface area contributed by atoms with Crippen molar-refractivity contribution in [2.75, 3.05) is 5.32 Å². The van der Waals surface area contributed by atoms with Crippen LogP contribution in [0.15, 0.2) is 51.3 Å². The highest BCUT2D eigenvalue weighted by molar-refractivity contribution is 7.13. The van der Waals surface area contributed by atoms with Crippen molar-refractivity contribution in [1.82, 2.24) is 14.8 Å². The maximum Gasteiger partial charge on any atom is 0.347 e. The standard InChI is InChI=1S/C15H10N4O3S/c20-12(18-15-16-5-6-23-15)8-19-13-9-3-1-2-4-11(9)22-14(21)10(13)7-17-19/h1-7H,8H2,(H,16,18,20). The van der Waals surface area contributed by atoms with Gasteiger partial charge < -0.3 is 9.73 Å². The SMILES string of the molecule is O=C(Cn1ncc2c(=O)oc3ccccc3c21)Nc1nccs1. The molecular weight excluding hydrogens is 316 g/mol. The molecule has 1 N–H and O–H groups in total. The van der Waals surface area contributed by atoms with Crippen molar-refractivity contribution in [3.63, 3.8) is 0 Å². The molecule has 7 nitrogen and oxygen atoms in total. The molecule has 114 valence electrons. The van der Waals surface area contributed by atoms with Gasteiger partial charge >= 0.3 is 5.63 Å². The van der Waals surface area contributed by atoms with E-state index in [1.54, 1.807) is 23.7 Å². The van der Waals surface area contributed by atoms with Crippen LogP contribution in [-0.2, 0) is 11.3 Å². The van der Waals surface area contributed by atoms with Crippen molar-refractivity contribution in [3.05, 3.63) is 52.5 Å². The zero-order valence-electron chi connectivity index (χ0n) is 11.7. The molecule has 1 aromatic carbocycles. The van der Waals surface area contributed by atoms with E-state index in [1.807, 2.05) is 12.1 Å². The molecule has 3 heterocycles. The van der Waals surface area contributed by atoms with Gasteiger partial charge in [-0.05, 0) is 12.1 Å². The lowest BCUT2D eigenvalue weighted by molar-refractivity contribution is -0.116. The van der Waals surface area contributed by atoms with Gasteiger partial charge in [-0.2, -0.15) is 5.10 Å². The first kappa shape index (κ1) is 13.6. The third-order valence-corrected chi connectivity index (χ3v) is 4.06. The minimum atomic E-state index is -0.467. The number of para-hydroxylation sites is 1. The summed E-state index contributed by atoms with van der Waals surface area (Å²) < 4.78 is 6.76. The van der Waals surface area contributed by atoms with Crippen molar-refractivity contribution >= 4 is 44.2 Å². The van der Waals surface area contributed by atoms with Gasteiger partial charge in [0.05, 0.1) is 11.7 Å². The van der Waals surface area contributed by atoms with Crippen LogP contribution < -0.4 is 10.9 Å². The number of fused-ring (bicyclic) bond motifs is 3. The van der Waals surface area contributed by atoms with Gasteiger partial charge in [-0.1, -0.05) is 12.1 Å². The van der Waals surface area contributed by atoms with Crippen molar-refractivity contribution < 1.29 is 9.21 Å². The first-order valence-corrected chi connectivity index (χ1v) is 7.67. The number of nitrogens with one attached hydrogen (secondary N) is 1. The van der Waals surface area contributed by atoms with Crippen LogP contribution in [0.25, 0.3) is 21.9 Å². The van der Waals surface area contributed by atoms with Crippen LogP contribution in [0.3, 0.4) is 0 Å². The Hall–Kier alpha value is -3.00. The number of carbonyl (C=O) groups is 1. The number of amides is 1. The molecule has 0 saturated carbocycles. The zero-order valence-corrected chi connectivity index (χ0v) is 12.5. The average Bonchev–Trinajstić information content (AvgIpc) is 3.18. The summed E-state index contributed by atoms with van der Waals surface area (Å²) in [5.74, 6) is -0.262. The second-order valence-electron chi connectivity index (χ2n) is 4.84. The maximum absolute atomic E-state index is 12.1. The fourth-order valence-corrected chi connectivity index (χ4v) is 2.97. The largest absolute Gasteiger partial charge is 0.422 e. The summed E-state index contributed by atoms with van der Waals surface area (Å²) in [7, 11) is 0. The number of thiazole rings is 1. The zero-order chi connectivity index (χ0) is 15.8. The predicted molar refractivity (Wildman–Crippen MR) is 86.5 cm³/mol. The Labute approximate surface area is 133 Å². The molecule has 4 aromatic rings. The van der Waals surface area contributed by atoms with Gasteiger partial charge in [-0.3, -0.25) is 9.48 Å². The Morgan fingerprint density at radius 3 is 3.00 bits per heavy atom. The Bertz CT molecular complexity index is 1070. The van der Waals surface area contributed by atoms with Crippen LogP contribution in [-0.4, -0.2) is 20.7 Å². The molecule has 0 fully saturated rings. The normalized spacial score (nSPS) is 11.1. The highest BCUT2D eigenvalue weighted by Gasteiger charge is 2.15. The highest BCUT2D eigenvalue weighted by atomic mass is 32.1. The summed E-state index contributed by atoms with van der Waals surface area (Å²) >= 11 is 1.33. The molecule has 0 atom stereocenters. The van der Waals surface area contributed by atoms with E-state index in [2.05, 4.69) is 15.4 Å². The van der Waals surface area contributed by atoms with Crippen molar-refractivity contribution in [3.8, 4) is 0 Å². The van der Waals surface area contributed by atoms with Gasteiger partial charge in [0.1, 0.15) is 17.5 Å². The first-order chi connectivity index (χ1) is 11.2. The number of nitrogens with zero attached hydrogens (tertiary/aromatic N) is 3. The first-order valence-electron chi connectivity index (χ1n) is 6.79. The van der Waals surface area contributed by atoms with E-state index in [1.165, 1.54) is 22.2 Å². The molecule has 3 aromatic heterocycles. The Morgan fingerprint density at radius 1 is 1.30 bits per heavy atom. The number of carbonyl (C=O) groups excluding carboxylic acids is 1. The van der Waals surface area contributed by atoms with E-state index in [-0.39, 0.29) is 12.5 Å². The molecule has 0 aliphatic heterocycles. The summed E-state index contributed by atoms with van der Waals surface area (Å²) in [6.07, 6.45) is 3.03. The molecule has 0 bridgehead atoms. The van der Waals surface area contributed by atoms with E-state index in [0.717, 1.165) is 5.39 Å². The van der Waals surface area contributed by atoms with Gasteiger partial charge in [0.15, 0.2) is 5.13 Å². The average molecular weight is 326 g/mol. The molecule has 0 radical (unpaired) electrons. The van der Waals surface area contributed by atoms with Crippen LogP contribution in [0.5, 0.6) is 0 Å². The number of aromatic nitrogens is 3. The molecule has 0 spiro atoms. The lowest BCUT2D eigenvalue weighted by Crippen LogP contribution is -2.19. The van der Waals surface area contributed by atoms with Crippen LogP contribution in [0.1, 0.15) is 0 Å². The van der Waals surface area contributed by atoms with Crippen molar-refractivity contribution in [1.29, 1.82) is 0 Å². The van der Waals surface area contributed by atoms with Gasteiger partial charge in [-0.15, -0.1) is 11.3 Å². The predicted octanol–water partition coefficient (Wildman–Crippen LogP) is 2.24. The molecule has 4 rings (SSSR count). The van der Waals surface area contributed by atoms with Crippen LogP contribution in [0.2, 0.25) is 0 Å². The lowest BCUT2D eigenvalue weighted by Gasteiger charge is -2.05. The Morgan fingerprint density at radius 2 is 2.17 bits per heavy atom. The molecule has 23 heavy (non-hydrogen) atoms. The van der Waals surface area contributed by atoms with Gasteiger partial charge in [-0.25, -0.2) is 9.78 Å². The van der Waals surface area contributed by atoms with Crippen molar-refractivity contribution in [2.24, 2.45) is 0 Å². The van der Waals surface area contributed by atoms with Crippen molar-refractivity contribution in [2.45, 2.75) is 6.54 Å². The topological polar surface area (TPSA) is 90.0 Å². The smallest absolute Gasteiger partial charge is 0.347 e. The number of hydrogen-bond donors (Lipinski definition) is 1. The highest BCUT2D eigenvalue weighted by Crippen LogP contribution is 2.22. The fraction of sp³-hybridized carbons (Fsp3) is 0.0667. The third-order valence-electron chi connectivity index (χ3n) is 3.38. The van der Waals surface area contributed by atoms with E-state index in [4.69, 9.17) is 4.42 Å². The Balaban J connectivity index is 1.78. The number of anilines is 1. The number of hydrogen-bond acceptors (Lipinski definition) is 6. The van der Waals surface area contributed by atoms with Gasteiger partial charge in [0.25, 0.3) is 0 Å². The third kappa shape index (κ3) is 2.38. The maximum atomic E-state index is 12.1. The quantitative estimate of drug-likeness (QED) is 0.583. The number of benzene rings is 1. The molecule has 0 saturated heterocycles. The molecule has 0 aliphatic rings. The Kier molecular flexibility index (Phi) is 3.16. The molecule has 8 heteroatoms. The molecule has 1 amide bonds. The summed E-state index contributed by atoms with van der Waals surface area (Å²) in [4.78, 5) is 28.2. The fourth-order valence-electron chi connectivity index (χ4n) is 2.42. The lowest BCUT2D eigenvalue weighted by atomic mass is 10.2. The van der Waals surface area contributed by atoms with E-state index < -0.39 is 5.63 Å². The van der Waals surface area contributed by atoms with Crippen LogP contribution in [0, 0.1) is 0 Å². The summed E-state index contributed by atoms with van der Waals surface area (Å²) in [5, 5.41) is 10.2. The summed E-state index contributed by atoms with van der Waals surface area (Å²) in [6.45, 7) is -0.0173. The minimum absolute atomic E-state index is 0.0173. The minimum Gasteiger partial charge on any atom is -0.422 e. The van der Waals surface area contributed by atoms with Gasteiger partial charge in [0.2, 0.25) is 5.91 Å². The van der Waals surface area contributed by atoms with E-state index in [9.17, 15) is 9.59 Å². The monoisotopic (exact) mass is 326 g/mol.